The fourth-order valence-corrected chi connectivity index (χ4v) is 2.94. The van der Waals surface area contributed by atoms with E-state index in [9.17, 15) is 13.2 Å². The Labute approximate surface area is 101 Å². The van der Waals surface area contributed by atoms with Gasteiger partial charge in [0.25, 0.3) is 0 Å². The van der Waals surface area contributed by atoms with Crippen LogP contribution in [-0.4, -0.2) is 26.6 Å². The lowest BCUT2D eigenvalue weighted by Gasteiger charge is -2.09. The van der Waals surface area contributed by atoms with Crippen molar-refractivity contribution in [2.75, 3.05) is 18.0 Å². The Hall–Kier alpha value is -1.56. The highest BCUT2D eigenvalue weighted by atomic mass is 32.2. The van der Waals surface area contributed by atoms with Gasteiger partial charge in [-0.25, -0.2) is 8.42 Å². The van der Waals surface area contributed by atoms with E-state index in [1.54, 1.807) is 26.0 Å². The third-order valence-electron chi connectivity index (χ3n) is 2.36. The summed E-state index contributed by atoms with van der Waals surface area (Å²) in [5, 5.41) is 2.46. The molecule has 1 amide bonds. The average Bonchev–Trinajstić information content (AvgIpc) is 2.21. The van der Waals surface area contributed by atoms with Gasteiger partial charge < -0.3 is 11.1 Å². The maximum Gasteiger partial charge on any atom is 0.235 e. The Morgan fingerprint density at radius 2 is 2.06 bits per heavy atom. The highest BCUT2D eigenvalue weighted by Gasteiger charge is 2.21. The van der Waals surface area contributed by atoms with E-state index in [2.05, 4.69) is 5.32 Å². The molecule has 0 aliphatic carbocycles. The van der Waals surface area contributed by atoms with Gasteiger partial charge in [-0.3, -0.25) is 4.79 Å². The number of carbonyl (C=O) groups excluding carboxylic acids is 1. The summed E-state index contributed by atoms with van der Waals surface area (Å²) in [5.41, 5.74) is 6.53. The monoisotopic (exact) mass is 256 g/mol. The number of rotatable bonds is 4. The summed E-state index contributed by atoms with van der Waals surface area (Å²) >= 11 is 0. The second-order valence-corrected chi connectivity index (χ2v) is 5.64. The normalized spacial score (nSPS) is 11.2. The number of anilines is 1. The van der Waals surface area contributed by atoms with Crippen molar-refractivity contribution < 1.29 is 13.2 Å². The summed E-state index contributed by atoms with van der Waals surface area (Å²) in [4.78, 5) is 11.4. The molecule has 0 aliphatic rings. The van der Waals surface area contributed by atoms with E-state index >= 15 is 0 Å². The Kier molecular flexibility index (Phi) is 4.11. The second-order valence-electron chi connectivity index (χ2n) is 3.68. The minimum absolute atomic E-state index is 0.115. The van der Waals surface area contributed by atoms with Crippen LogP contribution in [0.15, 0.2) is 23.1 Å². The highest BCUT2D eigenvalue weighted by Crippen LogP contribution is 2.21. The summed E-state index contributed by atoms with van der Waals surface area (Å²) in [7, 11) is -3.63. The minimum Gasteiger partial charge on any atom is -0.398 e. The molecule has 0 unspecified atom stereocenters. The van der Waals surface area contributed by atoms with Gasteiger partial charge in [0.15, 0.2) is 9.84 Å². The van der Waals surface area contributed by atoms with Crippen molar-refractivity contribution in [2.24, 2.45) is 0 Å². The van der Waals surface area contributed by atoms with Gasteiger partial charge in [0.1, 0.15) is 5.75 Å². The van der Waals surface area contributed by atoms with Crippen LogP contribution in [0.5, 0.6) is 0 Å². The van der Waals surface area contributed by atoms with Gasteiger partial charge in [-0.05, 0) is 31.5 Å². The van der Waals surface area contributed by atoms with Gasteiger partial charge in [0.05, 0.1) is 4.90 Å². The van der Waals surface area contributed by atoms with Gasteiger partial charge in [0, 0.05) is 12.2 Å². The lowest BCUT2D eigenvalue weighted by atomic mass is 10.2. The quantitative estimate of drug-likeness (QED) is 0.767. The van der Waals surface area contributed by atoms with Crippen molar-refractivity contribution in [1.29, 1.82) is 0 Å². The largest absolute Gasteiger partial charge is 0.398 e. The van der Waals surface area contributed by atoms with E-state index in [0.717, 1.165) is 0 Å². The lowest BCUT2D eigenvalue weighted by Crippen LogP contribution is -2.30. The van der Waals surface area contributed by atoms with Crippen LogP contribution in [0.1, 0.15) is 12.5 Å². The molecule has 0 atom stereocenters. The van der Waals surface area contributed by atoms with E-state index in [4.69, 9.17) is 5.73 Å². The van der Waals surface area contributed by atoms with Crippen molar-refractivity contribution in [3.63, 3.8) is 0 Å². The summed E-state index contributed by atoms with van der Waals surface area (Å²) in [5.74, 6) is -1.06. The first-order chi connectivity index (χ1) is 7.88. The van der Waals surface area contributed by atoms with Crippen molar-refractivity contribution in [2.45, 2.75) is 18.7 Å². The number of nitrogens with one attached hydrogen (secondary N) is 1. The number of nitrogens with two attached hydrogens (primary N) is 1. The number of nitrogen functional groups attached to an aromatic ring is 1. The number of carbonyl (C=O) groups is 1. The zero-order valence-corrected chi connectivity index (χ0v) is 10.7. The Balaban J connectivity index is 3.06. The minimum atomic E-state index is -3.63. The Morgan fingerprint density at radius 3 is 2.65 bits per heavy atom. The van der Waals surface area contributed by atoms with Gasteiger partial charge in [-0.1, -0.05) is 6.07 Å². The van der Waals surface area contributed by atoms with E-state index < -0.39 is 21.5 Å². The standard InChI is InChI=1S/C11H16N2O3S/c1-3-13-11(14)7-17(15,16)10-6-4-5-9(12)8(10)2/h4-6H,3,7,12H2,1-2H3,(H,13,14). The van der Waals surface area contributed by atoms with E-state index in [-0.39, 0.29) is 4.90 Å². The lowest BCUT2D eigenvalue weighted by molar-refractivity contribution is -0.118. The van der Waals surface area contributed by atoms with E-state index in [0.29, 0.717) is 17.8 Å². The van der Waals surface area contributed by atoms with E-state index in [1.165, 1.54) is 6.07 Å². The molecule has 6 heteroatoms. The SMILES string of the molecule is CCNC(=O)CS(=O)(=O)c1cccc(N)c1C. The molecule has 1 aromatic carbocycles. The zero-order chi connectivity index (χ0) is 13.1. The summed E-state index contributed by atoms with van der Waals surface area (Å²) < 4.78 is 23.9. The number of amides is 1. The molecule has 3 N–H and O–H groups in total. The van der Waals surface area contributed by atoms with Crippen LogP contribution in [-0.2, 0) is 14.6 Å². The first kappa shape index (κ1) is 13.5. The van der Waals surface area contributed by atoms with Crippen molar-refractivity contribution in [1.82, 2.24) is 5.32 Å². The highest BCUT2D eigenvalue weighted by molar-refractivity contribution is 7.92. The molecular weight excluding hydrogens is 240 g/mol. The predicted octanol–water partition coefficient (Wildman–Crippen LogP) is 0.487. The van der Waals surface area contributed by atoms with Crippen LogP contribution in [0.4, 0.5) is 5.69 Å². The molecule has 0 bridgehead atoms. The Bertz CT molecular complexity index is 524. The maximum absolute atomic E-state index is 12.0. The number of hydrogen-bond donors (Lipinski definition) is 2. The molecular formula is C11H16N2O3S. The molecule has 0 spiro atoms. The molecule has 0 fully saturated rings. The topological polar surface area (TPSA) is 89.3 Å². The molecule has 1 aromatic rings. The van der Waals surface area contributed by atoms with Crippen LogP contribution < -0.4 is 11.1 Å². The fourth-order valence-electron chi connectivity index (χ4n) is 1.47. The predicted molar refractivity (Wildman–Crippen MR) is 66.3 cm³/mol. The van der Waals surface area contributed by atoms with Gasteiger partial charge in [-0.15, -0.1) is 0 Å². The first-order valence-electron chi connectivity index (χ1n) is 5.23. The van der Waals surface area contributed by atoms with Crippen molar-refractivity contribution >= 4 is 21.4 Å². The van der Waals surface area contributed by atoms with Crippen LogP contribution in [0.3, 0.4) is 0 Å². The smallest absolute Gasteiger partial charge is 0.235 e. The van der Waals surface area contributed by atoms with Crippen LogP contribution in [0.2, 0.25) is 0 Å². The molecule has 17 heavy (non-hydrogen) atoms. The van der Waals surface area contributed by atoms with Crippen LogP contribution >= 0.6 is 0 Å². The third kappa shape index (κ3) is 3.20. The molecule has 0 aliphatic heterocycles. The van der Waals surface area contributed by atoms with Crippen molar-refractivity contribution in [3.8, 4) is 0 Å². The molecule has 5 nitrogen and oxygen atoms in total. The van der Waals surface area contributed by atoms with Gasteiger partial charge in [-0.2, -0.15) is 0 Å². The molecule has 0 saturated heterocycles. The first-order valence-corrected chi connectivity index (χ1v) is 6.88. The molecule has 94 valence electrons. The Morgan fingerprint density at radius 1 is 1.41 bits per heavy atom. The maximum atomic E-state index is 12.0. The van der Waals surface area contributed by atoms with Gasteiger partial charge in [0.2, 0.25) is 5.91 Å². The van der Waals surface area contributed by atoms with Crippen LogP contribution in [0, 0.1) is 6.92 Å². The average molecular weight is 256 g/mol. The van der Waals surface area contributed by atoms with Gasteiger partial charge >= 0.3 is 0 Å². The zero-order valence-electron chi connectivity index (χ0n) is 9.86. The van der Waals surface area contributed by atoms with Crippen molar-refractivity contribution in [3.05, 3.63) is 23.8 Å². The third-order valence-corrected chi connectivity index (χ3v) is 4.11. The van der Waals surface area contributed by atoms with E-state index in [1.807, 2.05) is 0 Å². The summed E-state index contributed by atoms with van der Waals surface area (Å²) in [6, 6.07) is 4.65. The molecule has 1 rings (SSSR count). The molecule has 0 saturated carbocycles. The molecule has 0 aromatic heterocycles. The number of benzene rings is 1. The number of sulfone groups is 1. The molecule has 0 heterocycles. The molecule has 0 radical (unpaired) electrons. The second kappa shape index (κ2) is 5.18. The number of hydrogen-bond acceptors (Lipinski definition) is 4. The fraction of sp³-hybridized carbons (Fsp3) is 0.364. The van der Waals surface area contributed by atoms with Crippen LogP contribution in [0.25, 0.3) is 0 Å². The summed E-state index contributed by atoms with van der Waals surface area (Å²) in [6.07, 6.45) is 0. The summed E-state index contributed by atoms with van der Waals surface area (Å²) in [6.45, 7) is 3.76.